The van der Waals surface area contributed by atoms with Crippen LogP contribution in [0.4, 0.5) is 10.1 Å². The second kappa shape index (κ2) is 7.72. The Morgan fingerprint density at radius 3 is 2.66 bits per heavy atom. The van der Waals surface area contributed by atoms with Crippen molar-refractivity contribution in [1.82, 2.24) is 14.5 Å². The van der Waals surface area contributed by atoms with E-state index in [1.54, 1.807) is 27.7 Å². The number of nitrogens with zero attached hydrogens (tertiary/aromatic N) is 2. The van der Waals surface area contributed by atoms with Crippen LogP contribution in [0, 0.1) is 5.82 Å². The Hall–Kier alpha value is -2.51. The zero-order valence-electron chi connectivity index (χ0n) is 15.4. The quantitative estimate of drug-likeness (QED) is 0.612. The minimum Gasteiger partial charge on any atom is -0.396 e. The summed E-state index contributed by atoms with van der Waals surface area (Å²) >= 11 is 12.0. The van der Waals surface area contributed by atoms with Crippen LogP contribution < -0.4 is 11.4 Å². The van der Waals surface area contributed by atoms with E-state index < -0.39 is 5.82 Å². The Balaban J connectivity index is 1.58. The molecular weight excluding hydrogens is 418 g/mol. The summed E-state index contributed by atoms with van der Waals surface area (Å²) in [4.78, 5) is 29.7. The van der Waals surface area contributed by atoms with Gasteiger partial charge in [-0.15, -0.1) is 0 Å². The smallest absolute Gasteiger partial charge is 0.326 e. The molecule has 1 aromatic heterocycles. The van der Waals surface area contributed by atoms with Crippen LogP contribution in [0.5, 0.6) is 0 Å². The van der Waals surface area contributed by atoms with Gasteiger partial charge < -0.3 is 15.6 Å². The highest BCUT2D eigenvalue weighted by Crippen LogP contribution is 2.27. The largest absolute Gasteiger partial charge is 0.396 e. The van der Waals surface area contributed by atoms with Gasteiger partial charge >= 0.3 is 5.69 Å². The molecule has 1 aliphatic heterocycles. The molecule has 4 rings (SSSR count). The fraction of sp³-hybridized carbons (Fsp3) is 0.300. The van der Waals surface area contributed by atoms with Gasteiger partial charge in [0.05, 0.1) is 29.2 Å². The molecule has 1 saturated heterocycles. The number of piperidine rings is 1. The van der Waals surface area contributed by atoms with Gasteiger partial charge in [0.2, 0.25) is 5.91 Å². The molecule has 1 amide bonds. The molecule has 2 aromatic carbocycles. The van der Waals surface area contributed by atoms with Crippen molar-refractivity contribution in [2.75, 3.05) is 18.8 Å². The number of anilines is 1. The zero-order chi connectivity index (χ0) is 20.7. The molecule has 0 radical (unpaired) electrons. The van der Waals surface area contributed by atoms with E-state index >= 15 is 0 Å². The maximum atomic E-state index is 13.7. The fourth-order valence-electron chi connectivity index (χ4n) is 3.92. The molecule has 6 nitrogen and oxygen atoms in total. The van der Waals surface area contributed by atoms with Crippen molar-refractivity contribution in [1.29, 1.82) is 0 Å². The number of hydrogen-bond acceptors (Lipinski definition) is 3. The Labute approximate surface area is 176 Å². The minimum absolute atomic E-state index is 0.0215. The molecule has 152 valence electrons. The molecule has 3 N–H and O–H groups in total. The minimum atomic E-state index is -0.577. The summed E-state index contributed by atoms with van der Waals surface area (Å²) in [6.45, 7) is 0.995. The first-order chi connectivity index (χ1) is 13.8. The van der Waals surface area contributed by atoms with Gasteiger partial charge in [0.15, 0.2) is 0 Å². The Kier molecular flexibility index (Phi) is 5.27. The van der Waals surface area contributed by atoms with E-state index in [1.807, 2.05) is 0 Å². The van der Waals surface area contributed by atoms with Crippen LogP contribution in [0.3, 0.4) is 0 Å². The first-order valence-electron chi connectivity index (χ1n) is 9.24. The standard InChI is InChI=1S/C20H19Cl2FN4O2/c21-12-4-11(5-13(22)7-12)6-19(28)26-3-1-2-14(10-26)27-18-9-16(24)15(23)8-17(18)25-20(27)29/h4-5,7-9,14H,1-3,6,10,24H2,(H,25,29)/t14-/m0/s1. The predicted octanol–water partition coefficient (Wildman–Crippen LogP) is 3.76. The van der Waals surface area contributed by atoms with Gasteiger partial charge in [-0.1, -0.05) is 23.2 Å². The fourth-order valence-corrected chi connectivity index (χ4v) is 4.49. The van der Waals surface area contributed by atoms with Crippen LogP contribution in [-0.4, -0.2) is 33.4 Å². The average Bonchev–Trinajstić information content (AvgIpc) is 2.96. The molecule has 0 saturated carbocycles. The van der Waals surface area contributed by atoms with E-state index in [2.05, 4.69) is 4.98 Å². The first kappa shape index (κ1) is 19.8. The summed E-state index contributed by atoms with van der Waals surface area (Å²) in [7, 11) is 0. The number of fused-ring (bicyclic) bond motifs is 1. The van der Waals surface area contributed by atoms with Gasteiger partial charge in [0.1, 0.15) is 5.82 Å². The van der Waals surface area contributed by atoms with Crippen LogP contribution in [-0.2, 0) is 11.2 Å². The van der Waals surface area contributed by atoms with Crippen molar-refractivity contribution in [2.45, 2.75) is 25.3 Å². The predicted molar refractivity (Wildman–Crippen MR) is 112 cm³/mol. The van der Waals surface area contributed by atoms with Crippen molar-refractivity contribution >= 4 is 45.8 Å². The van der Waals surface area contributed by atoms with Gasteiger partial charge in [-0.2, -0.15) is 0 Å². The number of amides is 1. The lowest BCUT2D eigenvalue weighted by Gasteiger charge is -2.33. The summed E-state index contributed by atoms with van der Waals surface area (Å²) in [5.41, 5.74) is 6.99. The SMILES string of the molecule is Nc1cc2c(cc1F)[nH]c(=O)n2[C@H]1CCCN(C(=O)Cc2cc(Cl)cc(Cl)c2)C1. The molecule has 1 atom stereocenters. The summed E-state index contributed by atoms with van der Waals surface area (Å²) in [5.74, 6) is -0.641. The van der Waals surface area contributed by atoms with Gasteiger partial charge in [-0.05, 0) is 42.7 Å². The van der Waals surface area contributed by atoms with E-state index in [4.69, 9.17) is 28.9 Å². The lowest BCUT2D eigenvalue weighted by atomic mass is 10.0. The number of benzene rings is 2. The van der Waals surface area contributed by atoms with Gasteiger partial charge in [0.25, 0.3) is 0 Å². The zero-order valence-corrected chi connectivity index (χ0v) is 16.9. The number of halogens is 3. The summed E-state index contributed by atoms with van der Waals surface area (Å²) in [5, 5.41) is 0.957. The number of likely N-dealkylation sites (tertiary alicyclic amines) is 1. The molecule has 0 unspecified atom stereocenters. The number of hydrogen-bond donors (Lipinski definition) is 2. The van der Waals surface area contributed by atoms with Crippen molar-refractivity contribution < 1.29 is 9.18 Å². The monoisotopic (exact) mass is 436 g/mol. The Morgan fingerprint density at radius 1 is 1.21 bits per heavy atom. The summed E-state index contributed by atoms with van der Waals surface area (Å²) in [6, 6.07) is 7.50. The number of carbonyl (C=O) groups is 1. The number of carbonyl (C=O) groups excluding carboxylic acids is 1. The average molecular weight is 437 g/mol. The van der Waals surface area contributed by atoms with Crippen LogP contribution >= 0.6 is 23.2 Å². The highest BCUT2D eigenvalue weighted by Gasteiger charge is 2.27. The molecule has 29 heavy (non-hydrogen) atoms. The molecule has 9 heteroatoms. The van der Waals surface area contributed by atoms with E-state index in [-0.39, 0.29) is 29.7 Å². The lowest BCUT2D eigenvalue weighted by molar-refractivity contribution is -0.132. The normalized spacial score (nSPS) is 17.1. The Morgan fingerprint density at radius 2 is 1.93 bits per heavy atom. The summed E-state index contributed by atoms with van der Waals surface area (Å²) < 4.78 is 15.3. The van der Waals surface area contributed by atoms with Crippen molar-refractivity contribution in [3.63, 3.8) is 0 Å². The van der Waals surface area contributed by atoms with Crippen molar-refractivity contribution in [3.05, 3.63) is 62.2 Å². The third-order valence-corrected chi connectivity index (χ3v) is 5.66. The molecule has 3 aromatic rings. The number of nitrogens with one attached hydrogen (secondary N) is 1. The topological polar surface area (TPSA) is 84.1 Å². The van der Waals surface area contributed by atoms with Gasteiger partial charge in [-0.25, -0.2) is 9.18 Å². The van der Waals surface area contributed by atoms with E-state index in [1.165, 1.54) is 12.1 Å². The highest BCUT2D eigenvalue weighted by molar-refractivity contribution is 6.34. The van der Waals surface area contributed by atoms with Gasteiger partial charge in [0, 0.05) is 29.2 Å². The van der Waals surface area contributed by atoms with Crippen LogP contribution in [0.1, 0.15) is 24.4 Å². The maximum Gasteiger partial charge on any atom is 0.326 e. The van der Waals surface area contributed by atoms with Crippen LogP contribution in [0.25, 0.3) is 11.0 Å². The van der Waals surface area contributed by atoms with Crippen molar-refractivity contribution in [3.8, 4) is 0 Å². The van der Waals surface area contributed by atoms with E-state index in [0.717, 1.165) is 18.4 Å². The molecule has 1 aliphatic rings. The molecule has 0 spiro atoms. The van der Waals surface area contributed by atoms with E-state index in [9.17, 15) is 14.0 Å². The van der Waals surface area contributed by atoms with Crippen LogP contribution in [0.15, 0.2) is 35.1 Å². The molecule has 2 heterocycles. The number of aromatic amines is 1. The molecule has 0 aliphatic carbocycles. The molecule has 0 bridgehead atoms. The highest BCUT2D eigenvalue weighted by atomic mass is 35.5. The summed E-state index contributed by atoms with van der Waals surface area (Å²) in [6.07, 6.45) is 1.66. The first-order valence-corrected chi connectivity index (χ1v) is 9.99. The van der Waals surface area contributed by atoms with Crippen LogP contribution in [0.2, 0.25) is 10.0 Å². The second-order valence-electron chi connectivity index (χ2n) is 7.28. The lowest BCUT2D eigenvalue weighted by Crippen LogP contribution is -2.43. The van der Waals surface area contributed by atoms with Gasteiger partial charge in [-0.3, -0.25) is 9.36 Å². The van der Waals surface area contributed by atoms with E-state index in [0.29, 0.717) is 34.2 Å². The number of H-pyrrole nitrogens is 1. The Bertz CT molecular complexity index is 1140. The molecular formula is C20H19Cl2FN4O2. The molecule has 1 fully saturated rings. The van der Waals surface area contributed by atoms with Crippen molar-refractivity contribution in [2.24, 2.45) is 0 Å². The number of nitrogens with two attached hydrogens (primary N) is 1. The second-order valence-corrected chi connectivity index (χ2v) is 8.15. The number of aromatic nitrogens is 2. The number of nitrogen functional groups attached to an aromatic ring is 1. The number of imidazole rings is 1. The third kappa shape index (κ3) is 3.97. The maximum absolute atomic E-state index is 13.7. The third-order valence-electron chi connectivity index (χ3n) is 5.23. The number of rotatable bonds is 3.